The van der Waals surface area contributed by atoms with Crippen molar-refractivity contribution in [1.29, 1.82) is 0 Å². The van der Waals surface area contributed by atoms with Crippen molar-refractivity contribution in [3.05, 3.63) is 52.2 Å². The van der Waals surface area contributed by atoms with E-state index in [4.69, 9.17) is 5.11 Å². The van der Waals surface area contributed by atoms with Gasteiger partial charge < -0.3 is 15.3 Å². The number of nitrogens with zero attached hydrogens (tertiary/aromatic N) is 1. The highest BCUT2D eigenvalue weighted by atomic mass is 32.1. The Bertz CT molecular complexity index is 683. The summed E-state index contributed by atoms with van der Waals surface area (Å²) in [4.78, 5) is 26.5. The standard InChI is InChI=1S/C18H22N2O3S/c1-13(2)11-20(12-16-7-4-8-24-16)18(23)14-5-3-6-15(9-14)19-10-17(21)22/h3-9,13,19H,10-12H2,1-2H3,(H,21,22). The quantitative estimate of drug-likeness (QED) is 0.767. The summed E-state index contributed by atoms with van der Waals surface area (Å²) < 4.78 is 0. The largest absolute Gasteiger partial charge is 0.480 e. The molecule has 24 heavy (non-hydrogen) atoms. The number of nitrogens with one attached hydrogen (secondary N) is 1. The summed E-state index contributed by atoms with van der Waals surface area (Å²) in [5.74, 6) is -0.621. The number of carboxylic acid groups (broad SMARTS) is 1. The molecule has 0 unspecified atom stereocenters. The molecule has 1 heterocycles. The second-order valence-electron chi connectivity index (χ2n) is 5.99. The van der Waals surface area contributed by atoms with Crippen LogP contribution in [0, 0.1) is 5.92 Å². The van der Waals surface area contributed by atoms with Crippen molar-refractivity contribution >= 4 is 28.9 Å². The first-order chi connectivity index (χ1) is 11.5. The molecule has 0 aliphatic heterocycles. The second kappa shape index (κ2) is 8.49. The zero-order chi connectivity index (χ0) is 17.5. The van der Waals surface area contributed by atoms with E-state index in [9.17, 15) is 9.59 Å². The fraction of sp³-hybridized carbons (Fsp3) is 0.333. The van der Waals surface area contributed by atoms with Gasteiger partial charge >= 0.3 is 5.97 Å². The van der Waals surface area contributed by atoms with Crippen molar-refractivity contribution in [2.24, 2.45) is 5.92 Å². The number of carboxylic acids is 1. The first kappa shape index (κ1) is 18.0. The van der Waals surface area contributed by atoms with Crippen molar-refractivity contribution in [2.75, 3.05) is 18.4 Å². The van der Waals surface area contributed by atoms with Crippen molar-refractivity contribution in [3.63, 3.8) is 0 Å². The van der Waals surface area contributed by atoms with Crippen LogP contribution in [-0.2, 0) is 11.3 Å². The Balaban J connectivity index is 2.15. The molecule has 6 heteroatoms. The molecular formula is C18H22N2O3S. The maximum absolute atomic E-state index is 12.9. The van der Waals surface area contributed by atoms with E-state index in [1.165, 1.54) is 0 Å². The molecule has 0 aliphatic carbocycles. The van der Waals surface area contributed by atoms with Crippen molar-refractivity contribution in [3.8, 4) is 0 Å². The maximum Gasteiger partial charge on any atom is 0.322 e. The lowest BCUT2D eigenvalue weighted by atomic mass is 10.1. The second-order valence-corrected chi connectivity index (χ2v) is 7.02. The maximum atomic E-state index is 12.9. The van der Waals surface area contributed by atoms with Crippen LogP contribution in [0.5, 0.6) is 0 Å². The lowest BCUT2D eigenvalue weighted by Gasteiger charge is -2.24. The molecule has 5 nitrogen and oxygen atoms in total. The number of carbonyl (C=O) groups is 2. The average molecular weight is 346 g/mol. The lowest BCUT2D eigenvalue weighted by Crippen LogP contribution is -2.33. The molecule has 0 atom stereocenters. The molecule has 128 valence electrons. The van der Waals surface area contributed by atoms with Crippen molar-refractivity contribution < 1.29 is 14.7 Å². The normalized spacial score (nSPS) is 10.6. The number of carbonyl (C=O) groups excluding carboxylic acids is 1. The minimum absolute atomic E-state index is 0.0453. The Kier molecular flexibility index (Phi) is 6.37. The molecule has 2 rings (SSSR count). The van der Waals surface area contributed by atoms with Gasteiger partial charge in [0.25, 0.3) is 5.91 Å². The number of amides is 1. The molecule has 0 spiro atoms. The third kappa shape index (κ3) is 5.38. The van der Waals surface area contributed by atoms with Gasteiger partial charge in [0.15, 0.2) is 0 Å². The number of hydrogen-bond acceptors (Lipinski definition) is 4. The first-order valence-corrected chi connectivity index (χ1v) is 8.71. The fourth-order valence-electron chi connectivity index (χ4n) is 2.37. The number of hydrogen-bond donors (Lipinski definition) is 2. The zero-order valence-corrected chi connectivity index (χ0v) is 14.7. The van der Waals surface area contributed by atoms with Crippen LogP contribution in [-0.4, -0.2) is 35.0 Å². The number of anilines is 1. The van der Waals surface area contributed by atoms with E-state index in [1.54, 1.807) is 35.6 Å². The van der Waals surface area contributed by atoms with Crippen LogP contribution < -0.4 is 5.32 Å². The molecule has 2 N–H and O–H groups in total. The van der Waals surface area contributed by atoms with Gasteiger partial charge in [0.1, 0.15) is 6.54 Å². The topological polar surface area (TPSA) is 69.6 Å². The number of thiophene rings is 1. The van der Waals surface area contributed by atoms with Gasteiger partial charge in [-0.05, 0) is 35.6 Å². The van der Waals surface area contributed by atoms with Crippen molar-refractivity contribution in [1.82, 2.24) is 4.90 Å². The van der Waals surface area contributed by atoms with Gasteiger partial charge in [-0.2, -0.15) is 0 Å². The van der Waals surface area contributed by atoms with Gasteiger partial charge in [-0.3, -0.25) is 9.59 Å². The molecule has 0 saturated carbocycles. The number of aliphatic carboxylic acids is 1. The monoisotopic (exact) mass is 346 g/mol. The third-order valence-electron chi connectivity index (χ3n) is 3.35. The summed E-state index contributed by atoms with van der Waals surface area (Å²) in [5.41, 5.74) is 1.19. The number of rotatable bonds is 8. The predicted octanol–water partition coefficient (Wildman–Crippen LogP) is 3.54. The highest BCUT2D eigenvalue weighted by Crippen LogP contribution is 2.18. The number of benzene rings is 1. The summed E-state index contributed by atoms with van der Waals surface area (Å²) in [5, 5.41) is 13.5. The predicted molar refractivity (Wildman–Crippen MR) is 96.5 cm³/mol. The molecule has 2 aromatic rings. The van der Waals surface area contributed by atoms with E-state index in [0.717, 1.165) is 4.88 Å². The molecule has 1 aromatic carbocycles. The summed E-state index contributed by atoms with van der Waals surface area (Å²) in [6.45, 7) is 5.24. The van der Waals surface area contributed by atoms with Crippen LogP contribution in [0.15, 0.2) is 41.8 Å². The molecule has 0 radical (unpaired) electrons. The summed E-state index contributed by atoms with van der Waals surface area (Å²) >= 11 is 1.63. The summed E-state index contributed by atoms with van der Waals surface area (Å²) in [6.07, 6.45) is 0. The fourth-order valence-corrected chi connectivity index (χ4v) is 3.09. The molecule has 0 aliphatic rings. The van der Waals surface area contributed by atoms with Gasteiger partial charge in [-0.1, -0.05) is 26.0 Å². The third-order valence-corrected chi connectivity index (χ3v) is 4.21. The Labute approximate surface area is 145 Å². The van der Waals surface area contributed by atoms with Gasteiger partial charge in [0.05, 0.1) is 6.54 Å². The molecule has 1 amide bonds. The zero-order valence-electron chi connectivity index (χ0n) is 13.9. The molecule has 0 fully saturated rings. The molecular weight excluding hydrogens is 324 g/mol. The van der Waals surface area contributed by atoms with E-state index >= 15 is 0 Å². The Hall–Kier alpha value is -2.34. The van der Waals surface area contributed by atoms with Gasteiger partial charge in [-0.25, -0.2) is 0 Å². The van der Waals surface area contributed by atoms with Crippen LogP contribution in [0.4, 0.5) is 5.69 Å². The van der Waals surface area contributed by atoms with E-state index in [0.29, 0.717) is 30.3 Å². The van der Waals surface area contributed by atoms with Gasteiger partial charge in [0, 0.05) is 22.7 Å². The van der Waals surface area contributed by atoms with Crippen LogP contribution in [0.25, 0.3) is 0 Å². The van der Waals surface area contributed by atoms with Gasteiger partial charge in [0.2, 0.25) is 0 Å². The lowest BCUT2D eigenvalue weighted by molar-refractivity contribution is -0.134. The molecule has 0 bridgehead atoms. The van der Waals surface area contributed by atoms with E-state index in [1.807, 2.05) is 22.4 Å². The minimum Gasteiger partial charge on any atom is -0.480 e. The van der Waals surface area contributed by atoms with Crippen LogP contribution in [0.2, 0.25) is 0 Å². The van der Waals surface area contributed by atoms with Crippen molar-refractivity contribution in [2.45, 2.75) is 20.4 Å². The Morgan fingerprint density at radius 2 is 2.04 bits per heavy atom. The summed E-state index contributed by atoms with van der Waals surface area (Å²) in [6, 6.07) is 11.0. The smallest absolute Gasteiger partial charge is 0.322 e. The summed E-state index contributed by atoms with van der Waals surface area (Å²) in [7, 11) is 0. The Morgan fingerprint density at radius 1 is 1.25 bits per heavy atom. The SMILES string of the molecule is CC(C)CN(Cc1cccs1)C(=O)c1cccc(NCC(=O)O)c1. The minimum atomic E-state index is -0.939. The molecule has 1 aromatic heterocycles. The van der Waals surface area contributed by atoms with E-state index < -0.39 is 5.97 Å². The molecule has 0 saturated heterocycles. The van der Waals surface area contributed by atoms with E-state index in [2.05, 4.69) is 19.2 Å². The van der Waals surface area contributed by atoms with E-state index in [-0.39, 0.29) is 12.5 Å². The highest BCUT2D eigenvalue weighted by Gasteiger charge is 2.18. The average Bonchev–Trinajstić information content (AvgIpc) is 3.04. The first-order valence-electron chi connectivity index (χ1n) is 7.83. The van der Waals surface area contributed by atoms with Crippen LogP contribution >= 0.6 is 11.3 Å². The van der Waals surface area contributed by atoms with Gasteiger partial charge in [-0.15, -0.1) is 11.3 Å². The van der Waals surface area contributed by atoms with Crippen LogP contribution in [0.3, 0.4) is 0 Å². The Morgan fingerprint density at radius 3 is 2.67 bits per heavy atom. The van der Waals surface area contributed by atoms with Crippen LogP contribution in [0.1, 0.15) is 29.1 Å². The highest BCUT2D eigenvalue weighted by molar-refractivity contribution is 7.09.